The lowest BCUT2D eigenvalue weighted by Gasteiger charge is -2.09. The predicted octanol–water partition coefficient (Wildman–Crippen LogP) is 3.44. The molecule has 0 fully saturated rings. The van der Waals surface area contributed by atoms with E-state index in [1.165, 1.54) is 0 Å². The van der Waals surface area contributed by atoms with Crippen molar-refractivity contribution in [3.05, 3.63) is 72.1 Å². The quantitative estimate of drug-likeness (QED) is 0.588. The smallest absolute Gasteiger partial charge is 0.291 e. The molecule has 1 aliphatic heterocycles. The van der Waals surface area contributed by atoms with E-state index in [1.807, 2.05) is 65.2 Å². The fourth-order valence-electron chi connectivity index (χ4n) is 3.73. The molecular formula is C21H18N2O2. The van der Waals surface area contributed by atoms with Gasteiger partial charge in [0.25, 0.3) is 11.7 Å². The van der Waals surface area contributed by atoms with Crippen LogP contribution in [-0.2, 0) is 17.8 Å². The van der Waals surface area contributed by atoms with E-state index in [-0.39, 0.29) is 0 Å². The maximum atomic E-state index is 12.6. The molecular weight excluding hydrogens is 312 g/mol. The van der Waals surface area contributed by atoms with E-state index in [9.17, 15) is 9.59 Å². The summed E-state index contributed by atoms with van der Waals surface area (Å²) in [5.74, 6) is -1.53. The summed E-state index contributed by atoms with van der Waals surface area (Å²) in [5, 5.41) is 0. The van der Waals surface area contributed by atoms with Crippen LogP contribution in [-0.4, -0.2) is 16.3 Å². The van der Waals surface area contributed by atoms with Gasteiger partial charge in [0.15, 0.2) is 0 Å². The Hall–Kier alpha value is -3.14. The Morgan fingerprint density at radius 2 is 1.40 bits per heavy atom. The van der Waals surface area contributed by atoms with Crippen molar-refractivity contribution in [3.8, 4) is 22.3 Å². The van der Waals surface area contributed by atoms with Crippen LogP contribution in [0.1, 0.15) is 22.6 Å². The Balaban J connectivity index is 2.09. The molecule has 124 valence electrons. The summed E-state index contributed by atoms with van der Waals surface area (Å²) in [6.45, 7) is 0.732. The first-order valence-corrected chi connectivity index (χ1v) is 8.39. The third-order valence-corrected chi connectivity index (χ3v) is 4.73. The van der Waals surface area contributed by atoms with Gasteiger partial charge < -0.3 is 10.3 Å². The maximum Gasteiger partial charge on any atom is 0.291 e. The van der Waals surface area contributed by atoms with Gasteiger partial charge in [0.2, 0.25) is 0 Å². The number of benzene rings is 2. The van der Waals surface area contributed by atoms with E-state index in [0.717, 1.165) is 47.3 Å². The Bertz CT molecular complexity index is 957. The molecule has 0 spiro atoms. The average molecular weight is 330 g/mol. The molecule has 25 heavy (non-hydrogen) atoms. The number of fused-ring (bicyclic) bond motifs is 1. The number of hydrogen-bond donors (Lipinski definition) is 1. The fourth-order valence-corrected chi connectivity index (χ4v) is 3.73. The highest BCUT2D eigenvalue weighted by Crippen LogP contribution is 2.42. The van der Waals surface area contributed by atoms with Crippen LogP contribution in [0.2, 0.25) is 0 Å². The molecule has 0 saturated carbocycles. The van der Waals surface area contributed by atoms with Gasteiger partial charge in [0.1, 0.15) is 5.69 Å². The molecule has 1 amide bonds. The average Bonchev–Trinajstić information content (AvgIpc) is 3.22. The number of aromatic nitrogens is 1. The highest BCUT2D eigenvalue weighted by molar-refractivity contribution is 6.43. The minimum atomic E-state index is -0.913. The molecule has 0 saturated heterocycles. The maximum absolute atomic E-state index is 12.6. The zero-order valence-corrected chi connectivity index (χ0v) is 13.7. The second kappa shape index (κ2) is 6.06. The number of Topliss-reactive ketones (excluding diaryl/α,β-unsaturated/α-hetero) is 1. The number of nitrogens with zero attached hydrogens (tertiary/aromatic N) is 1. The first kappa shape index (κ1) is 15.4. The summed E-state index contributed by atoms with van der Waals surface area (Å²) in [5.41, 5.74) is 10.7. The second-order valence-corrected chi connectivity index (χ2v) is 6.23. The Labute approximate surface area is 145 Å². The van der Waals surface area contributed by atoms with Gasteiger partial charge in [-0.3, -0.25) is 9.59 Å². The summed E-state index contributed by atoms with van der Waals surface area (Å²) >= 11 is 0. The van der Waals surface area contributed by atoms with Crippen LogP contribution in [0.15, 0.2) is 60.7 Å². The lowest BCUT2D eigenvalue weighted by atomic mass is 9.93. The normalized spacial score (nSPS) is 12.8. The minimum Gasteiger partial charge on any atom is -0.363 e. The SMILES string of the molecule is NC(=O)C(=O)c1c(-c2ccccc2)c(-c2ccccc2)c2n1CCC2. The topological polar surface area (TPSA) is 65.1 Å². The van der Waals surface area contributed by atoms with Gasteiger partial charge in [-0.2, -0.15) is 0 Å². The van der Waals surface area contributed by atoms with Crippen LogP contribution in [0.3, 0.4) is 0 Å². The summed E-state index contributed by atoms with van der Waals surface area (Å²) in [4.78, 5) is 24.3. The van der Waals surface area contributed by atoms with Crippen molar-refractivity contribution in [1.82, 2.24) is 4.57 Å². The number of primary amides is 1. The Kier molecular flexibility index (Phi) is 3.73. The number of ketones is 1. The van der Waals surface area contributed by atoms with Crippen LogP contribution in [0.25, 0.3) is 22.3 Å². The molecule has 2 aromatic carbocycles. The van der Waals surface area contributed by atoms with Gasteiger partial charge in [0.05, 0.1) is 0 Å². The Morgan fingerprint density at radius 3 is 1.96 bits per heavy atom. The fraction of sp³-hybridized carbons (Fsp3) is 0.143. The van der Waals surface area contributed by atoms with E-state index >= 15 is 0 Å². The predicted molar refractivity (Wildman–Crippen MR) is 97.1 cm³/mol. The zero-order chi connectivity index (χ0) is 17.4. The third kappa shape index (κ3) is 2.47. The molecule has 0 radical (unpaired) electrons. The monoisotopic (exact) mass is 330 g/mol. The van der Waals surface area contributed by atoms with Crippen LogP contribution in [0.5, 0.6) is 0 Å². The lowest BCUT2D eigenvalue weighted by molar-refractivity contribution is -0.114. The van der Waals surface area contributed by atoms with Crippen molar-refractivity contribution in [2.24, 2.45) is 5.73 Å². The van der Waals surface area contributed by atoms with E-state index in [1.54, 1.807) is 0 Å². The number of carbonyl (C=O) groups is 2. The largest absolute Gasteiger partial charge is 0.363 e. The summed E-state index contributed by atoms with van der Waals surface area (Å²) in [6.07, 6.45) is 1.85. The standard InChI is InChI=1S/C21H18N2O2/c22-21(25)20(24)19-18(15-10-5-2-6-11-15)17(14-8-3-1-4-9-14)16-12-7-13-23(16)19/h1-6,8-11H,7,12-13H2,(H2,22,25). The molecule has 0 aliphatic carbocycles. The van der Waals surface area contributed by atoms with Gasteiger partial charge in [-0.25, -0.2) is 0 Å². The molecule has 3 aromatic rings. The molecule has 2 N–H and O–H groups in total. The van der Waals surface area contributed by atoms with Gasteiger partial charge >= 0.3 is 0 Å². The summed E-state index contributed by atoms with van der Waals surface area (Å²) in [6, 6.07) is 19.8. The van der Waals surface area contributed by atoms with Crippen LogP contribution in [0.4, 0.5) is 0 Å². The van der Waals surface area contributed by atoms with E-state index in [2.05, 4.69) is 0 Å². The van der Waals surface area contributed by atoms with E-state index in [0.29, 0.717) is 5.69 Å². The van der Waals surface area contributed by atoms with Crippen molar-refractivity contribution >= 4 is 11.7 Å². The molecule has 0 bridgehead atoms. The Morgan fingerprint density at radius 1 is 0.840 bits per heavy atom. The van der Waals surface area contributed by atoms with Crippen LogP contribution in [0, 0.1) is 0 Å². The number of hydrogen-bond acceptors (Lipinski definition) is 2. The van der Waals surface area contributed by atoms with E-state index < -0.39 is 11.7 Å². The van der Waals surface area contributed by atoms with Crippen molar-refractivity contribution in [1.29, 1.82) is 0 Å². The second-order valence-electron chi connectivity index (χ2n) is 6.23. The van der Waals surface area contributed by atoms with Gasteiger partial charge in [-0.15, -0.1) is 0 Å². The number of rotatable bonds is 4. The van der Waals surface area contributed by atoms with E-state index in [4.69, 9.17) is 5.73 Å². The summed E-state index contributed by atoms with van der Waals surface area (Å²) in [7, 11) is 0. The molecule has 0 unspecified atom stereocenters. The molecule has 1 aliphatic rings. The molecule has 4 nitrogen and oxygen atoms in total. The van der Waals surface area contributed by atoms with Crippen molar-refractivity contribution in [3.63, 3.8) is 0 Å². The van der Waals surface area contributed by atoms with Crippen molar-refractivity contribution in [2.45, 2.75) is 19.4 Å². The molecule has 1 aromatic heterocycles. The van der Waals surface area contributed by atoms with Crippen molar-refractivity contribution in [2.75, 3.05) is 0 Å². The first-order chi connectivity index (χ1) is 12.2. The van der Waals surface area contributed by atoms with Crippen LogP contribution >= 0.6 is 0 Å². The number of carbonyl (C=O) groups excluding carboxylic acids is 2. The number of nitrogens with two attached hydrogens (primary N) is 1. The van der Waals surface area contributed by atoms with Crippen LogP contribution < -0.4 is 5.73 Å². The zero-order valence-electron chi connectivity index (χ0n) is 13.7. The van der Waals surface area contributed by atoms with Crippen molar-refractivity contribution < 1.29 is 9.59 Å². The minimum absolute atomic E-state index is 0.421. The first-order valence-electron chi connectivity index (χ1n) is 8.39. The summed E-state index contributed by atoms with van der Waals surface area (Å²) < 4.78 is 1.98. The molecule has 2 heterocycles. The van der Waals surface area contributed by atoms with Gasteiger partial charge in [-0.1, -0.05) is 60.7 Å². The number of amides is 1. The highest BCUT2D eigenvalue weighted by Gasteiger charge is 2.32. The molecule has 4 heteroatoms. The lowest BCUT2D eigenvalue weighted by Crippen LogP contribution is -2.26. The van der Waals surface area contributed by atoms with Gasteiger partial charge in [-0.05, 0) is 24.0 Å². The van der Waals surface area contributed by atoms with Gasteiger partial charge in [0, 0.05) is 23.4 Å². The highest BCUT2D eigenvalue weighted by atomic mass is 16.2. The molecule has 0 atom stereocenters. The third-order valence-electron chi connectivity index (χ3n) is 4.73. The molecule has 4 rings (SSSR count).